The summed E-state index contributed by atoms with van der Waals surface area (Å²) in [4.78, 5) is 43.2. The summed E-state index contributed by atoms with van der Waals surface area (Å²) in [5.74, 6) is -0.605. The Morgan fingerprint density at radius 2 is 1.80 bits per heavy atom. The fourth-order valence-electron chi connectivity index (χ4n) is 5.17. The zero-order valence-electron chi connectivity index (χ0n) is 19.7. The van der Waals surface area contributed by atoms with E-state index in [0.29, 0.717) is 5.56 Å². The molecule has 0 radical (unpaired) electrons. The molecule has 35 heavy (non-hydrogen) atoms. The number of carbonyl (C=O) groups is 3. The Kier molecular flexibility index (Phi) is 6.60. The van der Waals surface area contributed by atoms with Crippen LogP contribution in [-0.2, 0) is 16.1 Å². The summed E-state index contributed by atoms with van der Waals surface area (Å²) in [6.07, 6.45) is 4.18. The summed E-state index contributed by atoms with van der Waals surface area (Å²) in [6, 6.07) is 18.6. The molecule has 5 rings (SSSR count). The van der Waals surface area contributed by atoms with Crippen molar-refractivity contribution in [3.8, 4) is 0 Å². The normalized spacial score (nSPS) is 16.1. The molecule has 180 valence electrons. The van der Waals surface area contributed by atoms with Crippen LogP contribution >= 0.6 is 15.9 Å². The van der Waals surface area contributed by atoms with E-state index in [0.717, 1.165) is 52.2 Å². The molecule has 1 fully saturated rings. The van der Waals surface area contributed by atoms with Gasteiger partial charge in [-0.1, -0.05) is 65.2 Å². The van der Waals surface area contributed by atoms with Crippen molar-refractivity contribution in [1.29, 1.82) is 0 Å². The maximum absolute atomic E-state index is 13.7. The summed E-state index contributed by atoms with van der Waals surface area (Å²) >= 11 is 3.49. The first kappa shape index (κ1) is 23.5. The minimum absolute atomic E-state index is 0.123. The number of hydrogen-bond donors (Lipinski definition) is 1. The lowest BCUT2D eigenvalue weighted by atomic mass is 10.1. The Morgan fingerprint density at radius 1 is 1.09 bits per heavy atom. The second-order valence-corrected chi connectivity index (χ2v) is 10.3. The van der Waals surface area contributed by atoms with Gasteiger partial charge in [-0.05, 0) is 55.0 Å². The van der Waals surface area contributed by atoms with Crippen LogP contribution in [0, 0.1) is 0 Å². The van der Waals surface area contributed by atoms with Crippen molar-refractivity contribution in [3.63, 3.8) is 0 Å². The van der Waals surface area contributed by atoms with Crippen LogP contribution in [0.1, 0.15) is 48.5 Å². The monoisotopic (exact) mass is 533 g/mol. The maximum atomic E-state index is 13.7. The number of rotatable bonds is 7. The molecule has 3 aromatic rings. The molecule has 0 aromatic heterocycles. The van der Waals surface area contributed by atoms with Crippen LogP contribution < -0.4 is 10.2 Å². The highest BCUT2D eigenvalue weighted by Crippen LogP contribution is 2.37. The zero-order valence-corrected chi connectivity index (χ0v) is 21.3. The molecule has 3 amide bonds. The molecule has 1 heterocycles. The van der Waals surface area contributed by atoms with Gasteiger partial charge in [0, 0.05) is 28.0 Å². The number of hydrogen-bond acceptors (Lipinski definition) is 3. The van der Waals surface area contributed by atoms with Crippen molar-refractivity contribution >= 4 is 50.1 Å². The number of anilines is 1. The van der Waals surface area contributed by atoms with Crippen LogP contribution in [0.2, 0.25) is 0 Å². The van der Waals surface area contributed by atoms with Crippen LogP contribution in [-0.4, -0.2) is 41.2 Å². The summed E-state index contributed by atoms with van der Waals surface area (Å²) in [5, 5.41) is 4.97. The third-order valence-electron chi connectivity index (χ3n) is 7.05. The van der Waals surface area contributed by atoms with Gasteiger partial charge in [-0.15, -0.1) is 0 Å². The topological polar surface area (TPSA) is 69.7 Å². The molecule has 1 N–H and O–H groups in total. The predicted octanol–water partition coefficient (Wildman–Crippen LogP) is 5.04. The third-order valence-corrected chi connectivity index (χ3v) is 7.55. The number of amides is 3. The van der Waals surface area contributed by atoms with Gasteiger partial charge < -0.3 is 10.2 Å². The molecule has 1 aliphatic heterocycles. The smallest absolute Gasteiger partial charge is 0.259 e. The highest BCUT2D eigenvalue weighted by Gasteiger charge is 2.34. The Labute approximate surface area is 213 Å². The quantitative estimate of drug-likeness (QED) is 0.462. The lowest BCUT2D eigenvalue weighted by Gasteiger charge is -2.31. The van der Waals surface area contributed by atoms with Gasteiger partial charge in [-0.3, -0.25) is 19.3 Å². The third kappa shape index (κ3) is 4.69. The molecule has 3 aromatic carbocycles. The molecule has 0 unspecified atom stereocenters. The van der Waals surface area contributed by atoms with E-state index in [9.17, 15) is 14.4 Å². The van der Waals surface area contributed by atoms with Crippen molar-refractivity contribution in [2.75, 3.05) is 11.4 Å². The van der Waals surface area contributed by atoms with E-state index in [-0.39, 0.29) is 36.9 Å². The first-order valence-corrected chi connectivity index (χ1v) is 12.9. The summed E-state index contributed by atoms with van der Waals surface area (Å²) in [5.41, 5.74) is 2.25. The zero-order chi connectivity index (χ0) is 24.5. The Hall–Kier alpha value is -3.19. The molecule has 0 spiro atoms. The van der Waals surface area contributed by atoms with Gasteiger partial charge >= 0.3 is 0 Å². The van der Waals surface area contributed by atoms with E-state index in [1.165, 1.54) is 4.90 Å². The number of nitrogens with zero attached hydrogens (tertiary/aromatic N) is 2. The van der Waals surface area contributed by atoms with Gasteiger partial charge in [0.2, 0.25) is 11.8 Å². The molecular formula is C28H28BrN3O3. The van der Waals surface area contributed by atoms with Crippen molar-refractivity contribution in [2.45, 2.75) is 51.2 Å². The van der Waals surface area contributed by atoms with Gasteiger partial charge in [0.25, 0.3) is 5.91 Å². The number of carbonyl (C=O) groups excluding carboxylic acids is 3. The van der Waals surface area contributed by atoms with E-state index >= 15 is 0 Å². The summed E-state index contributed by atoms with van der Waals surface area (Å²) in [6.45, 7) is 1.92. The van der Waals surface area contributed by atoms with Crippen molar-refractivity contribution in [2.24, 2.45) is 0 Å². The van der Waals surface area contributed by atoms with Crippen molar-refractivity contribution in [1.82, 2.24) is 10.2 Å². The Balaban J connectivity index is 1.41. The fraction of sp³-hybridized carbons (Fsp3) is 0.321. The molecule has 1 aliphatic carbocycles. The van der Waals surface area contributed by atoms with E-state index in [2.05, 4.69) is 21.2 Å². The number of nitrogens with one attached hydrogen (secondary N) is 1. The minimum atomic E-state index is -0.669. The van der Waals surface area contributed by atoms with E-state index in [4.69, 9.17) is 0 Å². The molecule has 0 saturated heterocycles. The molecule has 6 nitrogen and oxygen atoms in total. The number of benzene rings is 3. The maximum Gasteiger partial charge on any atom is 0.259 e. The van der Waals surface area contributed by atoms with Gasteiger partial charge in [0.1, 0.15) is 12.6 Å². The van der Waals surface area contributed by atoms with Crippen LogP contribution in [0.3, 0.4) is 0 Å². The van der Waals surface area contributed by atoms with Gasteiger partial charge in [0.15, 0.2) is 0 Å². The van der Waals surface area contributed by atoms with E-state index in [1.54, 1.807) is 17.9 Å². The van der Waals surface area contributed by atoms with Gasteiger partial charge in [-0.2, -0.15) is 0 Å². The fourth-order valence-corrected chi connectivity index (χ4v) is 5.62. The predicted molar refractivity (Wildman–Crippen MR) is 140 cm³/mol. The van der Waals surface area contributed by atoms with Gasteiger partial charge in [-0.25, -0.2) is 0 Å². The molecule has 7 heteroatoms. The lowest BCUT2D eigenvalue weighted by Crippen LogP contribution is -2.52. The van der Waals surface area contributed by atoms with E-state index < -0.39 is 6.04 Å². The lowest BCUT2D eigenvalue weighted by molar-refractivity contribution is -0.139. The van der Waals surface area contributed by atoms with Crippen LogP contribution in [0.25, 0.3) is 10.8 Å². The first-order chi connectivity index (χ1) is 16.9. The van der Waals surface area contributed by atoms with Crippen molar-refractivity contribution < 1.29 is 14.4 Å². The SMILES string of the molecule is C[C@H](C(=O)NC1CCCC1)N(Cc1cccc(Br)c1)C(=O)CN1C(=O)c2cccc3cccc1c23. The van der Waals surface area contributed by atoms with Crippen molar-refractivity contribution in [3.05, 3.63) is 76.3 Å². The molecular weight excluding hydrogens is 506 g/mol. The minimum Gasteiger partial charge on any atom is -0.352 e. The molecule has 0 bridgehead atoms. The average Bonchev–Trinajstić information content (AvgIpc) is 3.46. The largest absolute Gasteiger partial charge is 0.352 e. The second kappa shape index (κ2) is 9.82. The summed E-state index contributed by atoms with van der Waals surface area (Å²) < 4.78 is 0.905. The van der Waals surface area contributed by atoms with Crippen LogP contribution in [0.15, 0.2) is 65.1 Å². The Morgan fingerprint density at radius 3 is 2.54 bits per heavy atom. The molecule has 1 atom stereocenters. The van der Waals surface area contributed by atoms with Crippen LogP contribution in [0.5, 0.6) is 0 Å². The first-order valence-electron chi connectivity index (χ1n) is 12.1. The average molecular weight is 534 g/mol. The second-order valence-electron chi connectivity index (χ2n) is 9.39. The molecule has 2 aliphatic rings. The van der Waals surface area contributed by atoms with E-state index in [1.807, 2.05) is 54.6 Å². The Bertz CT molecular complexity index is 1300. The highest BCUT2D eigenvalue weighted by atomic mass is 79.9. The number of halogens is 1. The standard InChI is InChI=1S/C28H28BrN3O3/c1-18(27(34)30-22-11-2-3-12-22)31(16-19-7-4-10-21(29)15-19)25(33)17-32-24-14-6-9-20-8-5-13-23(26(20)24)28(32)35/h4-10,13-15,18,22H,2-3,11-12,16-17H2,1H3,(H,30,34)/t18-/m1/s1. The van der Waals surface area contributed by atoms with Crippen LogP contribution in [0.4, 0.5) is 5.69 Å². The molecule has 1 saturated carbocycles. The van der Waals surface area contributed by atoms with Gasteiger partial charge in [0.05, 0.1) is 5.69 Å². The highest BCUT2D eigenvalue weighted by molar-refractivity contribution is 9.10. The summed E-state index contributed by atoms with van der Waals surface area (Å²) in [7, 11) is 0.